The molecule has 0 saturated carbocycles. The SMILES string of the molecule is Cc1c(-c2ccc(CCN)cc2)nc2ccc(Br)cn12. The second kappa shape index (κ2) is 5.38. The fourth-order valence-electron chi connectivity index (χ4n) is 2.41. The van der Waals surface area contributed by atoms with E-state index in [-0.39, 0.29) is 0 Å². The standard InChI is InChI=1S/C16H16BrN3/c1-11-16(13-4-2-12(3-5-13)8-9-18)19-15-7-6-14(17)10-20(11)15/h2-7,10H,8-9,18H2,1H3. The lowest BCUT2D eigenvalue weighted by molar-refractivity contribution is 0.969. The quantitative estimate of drug-likeness (QED) is 0.798. The van der Waals surface area contributed by atoms with E-state index in [1.54, 1.807) is 0 Å². The Morgan fingerprint density at radius 2 is 1.90 bits per heavy atom. The number of benzene rings is 1. The van der Waals surface area contributed by atoms with E-state index in [1.807, 2.05) is 18.3 Å². The Bertz CT molecular complexity index is 744. The number of nitrogens with zero attached hydrogens (tertiary/aromatic N) is 2. The number of hydrogen-bond donors (Lipinski definition) is 1. The molecular weight excluding hydrogens is 314 g/mol. The van der Waals surface area contributed by atoms with Crippen molar-refractivity contribution < 1.29 is 0 Å². The summed E-state index contributed by atoms with van der Waals surface area (Å²) in [6, 6.07) is 12.5. The Morgan fingerprint density at radius 1 is 1.15 bits per heavy atom. The molecule has 3 nitrogen and oxygen atoms in total. The Balaban J connectivity index is 2.07. The van der Waals surface area contributed by atoms with Crippen LogP contribution >= 0.6 is 15.9 Å². The van der Waals surface area contributed by atoms with Crippen LogP contribution in [0.15, 0.2) is 47.1 Å². The zero-order valence-electron chi connectivity index (χ0n) is 11.3. The number of hydrogen-bond acceptors (Lipinski definition) is 2. The first-order valence-corrected chi connectivity index (χ1v) is 7.42. The first-order chi connectivity index (χ1) is 9.69. The summed E-state index contributed by atoms with van der Waals surface area (Å²) in [6.07, 6.45) is 2.96. The van der Waals surface area contributed by atoms with Crippen molar-refractivity contribution in [2.75, 3.05) is 6.54 Å². The molecule has 0 amide bonds. The van der Waals surface area contributed by atoms with E-state index in [0.717, 1.165) is 33.5 Å². The van der Waals surface area contributed by atoms with Crippen molar-refractivity contribution in [3.8, 4) is 11.3 Å². The largest absolute Gasteiger partial charge is 0.330 e. The van der Waals surface area contributed by atoms with Gasteiger partial charge in [0.1, 0.15) is 5.65 Å². The summed E-state index contributed by atoms with van der Waals surface area (Å²) in [5.74, 6) is 0. The van der Waals surface area contributed by atoms with E-state index in [0.29, 0.717) is 6.54 Å². The van der Waals surface area contributed by atoms with Crippen molar-refractivity contribution in [2.45, 2.75) is 13.3 Å². The molecule has 1 aromatic carbocycles. The van der Waals surface area contributed by atoms with Crippen LogP contribution in [-0.4, -0.2) is 15.9 Å². The molecule has 0 bridgehead atoms. The van der Waals surface area contributed by atoms with Crippen LogP contribution in [0.5, 0.6) is 0 Å². The summed E-state index contributed by atoms with van der Waals surface area (Å²) in [5, 5.41) is 0. The van der Waals surface area contributed by atoms with Crippen LogP contribution in [0.1, 0.15) is 11.3 Å². The zero-order chi connectivity index (χ0) is 14.1. The maximum Gasteiger partial charge on any atom is 0.137 e. The molecule has 0 atom stereocenters. The number of rotatable bonds is 3. The highest BCUT2D eigenvalue weighted by Crippen LogP contribution is 2.25. The van der Waals surface area contributed by atoms with Gasteiger partial charge in [0, 0.05) is 21.9 Å². The molecule has 0 unspecified atom stereocenters. The third kappa shape index (κ3) is 2.37. The van der Waals surface area contributed by atoms with Crippen LogP contribution < -0.4 is 5.73 Å². The maximum atomic E-state index is 5.58. The number of aryl methyl sites for hydroxylation is 1. The van der Waals surface area contributed by atoms with Gasteiger partial charge in [0.15, 0.2) is 0 Å². The van der Waals surface area contributed by atoms with Crippen LogP contribution in [0.25, 0.3) is 16.9 Å². The predicted octanol–water partition coefficient (Wildman–Crippen LogP) is 3.57. The van der Waals surface area contributed by atoms with Gasteiger partial charge in [0.2, 0.25) is 0 Å². The Kier molecular flexibility index (Phi) is 3.59. The molecule has 2 aromatic heterocycles. The Morgan fingerprint density at radius 3 is 2.60 bits per heavy atom. The van der Waals surface area contributed by atoms with Gasteiger partial charge >= 0.3 is 0 Å². The van der Waals surface area contributed by atoms with Crippen molar-refractivity contribution in [3.05, 3.63) is 58.3 Å². The minimum absolute atomic E-state index is 0.681. The molecule has 3 rings (SSSR count). The van der Waals surface area contributed by atoms with Crippen molar-refractivity contribution in [1.29, 1.82) is 0 Å². The van der Waals surface area contributed by atoms with Crippen LogP contribution in [0, 0.1) is 6.92 Å². The fourth-order valence-corrected chi connectivity index (χ4v) is 2.74. The van der Waals surface area contributed by atoms with E-state index in [1.165, 1.54) is 5.56 Å². The average molecular weight is 330 g/mol. The molecule has 4 heteroatoms. The van der Waals surface area contributed by atoms with E-state index in [9.17, 15) is 0 Å². The lowest BCUT2D eigenvalue weighted by atomic mass is 10.1. The number of halogens is 1. The molecule has 0 aliphatic rings. The first-order valence-electron chi connectivity index (χ1n) is 6.62. The molecule has 0 aliphatic carbocycles. The lowest BCUT2D eigenvalue weighted by Gasteiger charge is -2.02. The summed E-state index contributed by atoms with van der Waals surface area (Å²) in [6.45, 7) is 2.77. The lowest BCUT2D eigenvalue weighted by Crippen LogP contribution is -2.02. The van der Waals surface area contributed by atoms with Crippen molar-refractivity contribution >= 4 is 21.6 Å². The number of nitrogens with two attached hydrogens (primary N) is 1. The minimum Gasteiger partial charge on any atom is -0.330 e. The number of pyridine rings is 1. The van der Waals surface area contributed by atoms with Gasteiger partial charge in [0.05, 0.1) is 5.69 Å². The summed E-state index contributed by atoms with van der Waals surface area (Å²) >= 11 is 3.50. The number of aromatic nitrogens is 2. The van der Waals surface area contributed by atoms with E-state index in [2.05, 4.69) is 51.5 Å². The number of imidazole rings is 1. The van der Waals surface area contributed by atoms with E-state index < -0.39 is 0 Å². The molecule has 20 heavy (non-hydrogen) atoms. The second-order valence-electron chi connectivity index (χ2n) is 4.86. The molecule has 3 aromatic rings. The van der Waals surface area contributed by atoms with E-state index >= 15 is 0 Å². The van der Waals surface area contributed by atoms with Gasteiger partial charge in [-0.25, -0.2) is 4.98 Å². The summed E-state index contributed by atoms with van der Waals surface area (Å²) in [7, 11) is 0. The molecule has 2 N–H and O–H groups in total. The average Bonchev–Trinajstić information content (AvgIpc) is 2.77. The Hall–Kier alpha value is -1.65. The topological polar surface area (TPSA) is 43.3 Å². The fraction of sp³-hybridized carbons (Fsp3) is 0.188. The predicted molar refractivity (Wildman–Crippen MR) is 85.8 cm³/mol. The molecule has 0 fully saturated rings. The third-order valence-corrected chi connectivity index (χ3v) is 3.95. The number of fused-ring (bicyclic) bond motifs is 1. The zero-order valence-corrected chi connectivity index (χ0v) is 12.9. The van der Waals surface area contributed by atoms with Crippen LogP contribution in [0.4, 0.5) is 0 Å². The highest BCUT2D eigenvalue weighted by atomic mass is 79.9. The molecule has 0 aliphatic heterocycles. The molecule has 2 heterocycles. The van der Waals surface area contributed by atoms with Crippen LogP contribution in [-0.2, 0) is 6.42 Å². The monoisotopic (exact) mass is 329 g/mol. The van der Waals surface area contributed by atoms with Gasteiger partial charge in [0.25, 0.3) is 0 Å². The normalized spacial score (nSPS) is 11.2. The molecule has 0 spiro atoms. The maximum absolute atomic E-state index is 5.58. The highest BCUT2D eigenvalue weighted by molar-refractivity contribution is 9.10. The summed E-state index contributed by atoms with van der Waals surface area (Å²) in [5.41, 5.74) is 11.1. The van der Waals surface area contributed by atoms with Gasteiger partial charge < -0.3 is 10.1 Å². The van der Waals surface area contributed by atoms with Crippen molar-refractivity contribution in [3.63, 3.8) is 0 Å². The minimum atomic E-state index is 0.681. The van der Waals surface area contributed by atoms with Crippen LogP contribution in [0.3, 0.4) is 0 Å². The van der Waals surface area contributed by atoms with Crippen LogP contribution in [0.2, 0.25) is 0 Å². The van der Waals surface area contributed by atoms with E-state index in [4.69, 9.17) is 10.7 Å². The second-order valence-corrected chi connectivity index (χ2v) is 5.77. The first kappa shape index (κ1) is 13.3. The van der Waals surface area contributed by atoms with Crippen molar-refractivity contribution in [1.82, 2.24) is 9.38 Å². The smallest absolute Gasteiger partial charge is 0.137 e. The highest BCUT2D eigenvalue weighted by Gasteiger charge is 2.10. The third-order valence-electron chi connectivity index (χ3n) is 3.48. The van der Waals surface area contributed by atoms with Gasteiger partial charge in [-0.05, 0) is 53.5 Å². The molecule has 0 radical (unpaired) electrons. The molecule has 102 valence electrons. The van der Waals surface area contributed by atoms with Gasteiger partial charge in [-0.2, -0.15) is 0 Å². The summed E-state index contributed by atoms with van der Waals surface area (Å²) < 4.78 is 3.16. The Labute approximate surface area is 126 Å². The molecule has 0 saturated heterocycles. The van der Waals surface area contributed by atoms with Gasteiger partial charge in [-0.3, -0.25) is 0 Å². The van der Waals surface area contributed by atoms with Crippen molar-refractivity contribution in [2.24, 2.45) is 5.73 Å². The summed E-state index contributed by atoms with van der Waals surface area (Å²) in [4.78, 5) is 4.72. The molecular formula is C16H16BrN3. The van der Waals surface area contributed by atoms with Gasteiger partial charge in [-0.15, -0.1) is 0 Å². The van der Waals surface area contributed by atoms with Gasteiger partial charge in [-0.1, -0.05) is 24.3 Å².